The van der Waals surface area contributed by atoms with Gasteiger partial charge in [-0.2, -0.15) is 13.2 Å². The summed E-state index contributed by atoms with van der Waals surface area (Å²) in [6.07, 6.45) is -3.39. The first-order valence-electron chi connectivity index (χ1n) is 11.9. The number of benzene rings is 2. The second kappa shape index (κ2) is 11.1. The van der Waals surface area contributed by atoms with Gasteiger partial charge in [0.25, 0.3) is 0 Å². The Morgan fingerprint density at radius 3 is 2.35 bits per heavy atom. The summed E-state index contributed by atoms with van der Waals surface area (Å²) in [5.41, 5.74) is -1.09. The Kier molecular flexibility index (Phi) is 7.76. The molecule has 5 rings (SSSR count). The number of nitrogens with one attached hydrogen (secondary N) is 2. The molecule has 2 N–H and O–H groups in total. The van der Waals surface area contributed by atoms with Gasteiger partial charge in [0.15, 0.2) is 0 Å². The van der Waals surface area contributed by atoms with E-state index in [1.54, 1.807) is 10.6 Å². The summed E-state index contributed by atoms with van der Waals surface area (Å²) in [6.45, 7) is 3.05. The molecule has 1 atom stereocenters. The first kappa shape index (κ1) is 27.9. The molecule has 0 spiro atoms. The Hall–Kier alpha value is -3.61. The minimum atomic E-state index is -4.78. The molecule has 3 heterocycles. The van der Waals surface area contributed by atoms with Crippen LogP contribution in [0, 0.1) is 17.5 Å². The molecule has 2 aromatic carbocycles. The fraction of sp³-hybridized carbons (Fsp3) is 0.240. The molecule has 40 heavy (non-hydrogen) atoms. The third kappa shape index (κ3) is 5.79. The van der Waals surface area contributed by atoms with Crippen LogP contribution in [0.5, 0.6) is 0 Å². The summed E-state index contributed by atoms with van der Waals surface area (Å²) in [5.74, 6) is -3.05. The third-order valence-corrected chi connectivity index (χ3v) is 7.17. The van der Waals surface area contributed by atoms with Gasteiger partial charge in [0.05, 0.1) is 5.56 Å². The maximum absolute atomic E-state index is 15.4. The number of anilines is 2. The number of alkyl halides is 3. The number of ether oxygens (including phenoxy) is 1. The topological polar surface area (TPSA) is 83.8 Å². The minimum absolute atomic E-state index is 0.105. The van der Waals surface area contributed by atoms with Gasteiger partial charge in [-0.15, -0.1) is 0 Å². The Bertz CT molecular complexity index is 1590. The number of urea groups is 1. The van der Waals surface area contributed by atoms with E-state index in [9.17, 15) is 22.4 Å². The van der Waals surface area contributed by atoms with E-state index in [4.69, 9.17) is 4.74 Å². The van der Waals surface area contributed by atoms with E-state index in [0.717, 1.165) is 34.7 Å². The number of amides is 2. The first-order valence-corrected chi connectivity index (χ1v) is 13.1. The fourth-order valence-electron chi connectivity index (χ4n) is 4.36. The number of carbonyl (C=O) groups excluding carboxylic acids is 1. The molecule has 8 nitrogen and oxygen atoms in total. The molecule has 2 amide bonds. The van der Waals surface area contributed by atoms with E-state index < -0.39 is 46.6 Å². The molecule has 4 aromatic rings. The van der Waals surface area contributed by atoms with E-state index in [2.05, 4.69) is 15.0 Å². The number of morpholine rings is 1. The number of hydrogen-bond donors (Lipinski definition) is 2. The molecule has 1 saturated heterocycles. The average molecular weight is 626 g/mol. The van der Waals surface area contributed by atoms with E-state index in [1.165, 1.54) is 6.33 Å². The zero-order chi connectivity index (χ0) is 28.6. The number of aromatic nitrogens is 3. The van der Waals surface area contributed by atoms with E-state index in [1.807, 2.05) is 10.6 Å². The van der Waals surface area contributed by atoms with E-state index in [-0.39, 0.29) is 5.56 Å². The van der Waals surface area contributed by atoms with Crippen LogP contribution in [0.15, 0.2) is 42.7 Å². The number of carbonyl (C=O) groups is 1. The van der Waals surface area contributed by atoms with Crippen LogP contribution in [-0.2, 0) is 17.5 Å². The van der Waals surface area contributed by atoms with Crippen molar-refractivity contribution in [2.24, 2.45) is 0 Å². The Morgan fingerprint density at radius 1 is 0.950 bits per heavy atom. The zero-order valence-corrected chi connectivity index (χ0v) is 23.0. The summed E-state index contributed by atoms with van der Waals surface area (Å²) in [7, 11) is 0. The van der Waals surface area contributed by atoms with E-state index in [0.29, 0.717) is 66.6 Å². The van der Waals surface area contributed by atoms with Gasteiger partial charge in [-0.1, -0.05) is 0 Å². The summed E-state index contributed by atoms with van der Waals surface area (Å²) in [4.78, 5) is 18.7. The number of rotatable bonds is 5. The van der Waals surface area contributed by atoms with Crippen molar-refractivity contribution in [3.05, 3.63) is 71.4 Å². The summed E-state index contributed by atoms with van der Waals surface area (Å²) >= 11 is 1.16. The van der Waals surface area contributed by atoms with Crippen LogP contribution in [0.4, 0.5) is 42.5 Å². The van der Waals surface area contributed by atoms with Crippen molar-refractivity contribution in [3.63, 3.8) is 0 Å². The summed E-state index contributed by atoms with van der Waals surface area (Å²) < 4.78 is 90.9. The maximum atomic E-state index is 15.4. The Balaban J connectivity index is 1.43. The quantitative estimate of drug-likeness (QED) is 0.262. The third-order valence-electron chi connectivity index (χ3n) is 6.28. The van der Waals surface area contributed by atoms with E-state index >= 15 is 8.78 Å². The summed E-state index contributed by atoms with van der Waals surface area (Å²) in [6, 6.07) is 3.52. The molecule has 2 aromatic heterocycles. The number of hydrogen-bond acceptors (Lipinski definition) is 5. The molecule has 0 bridgehead atoms. The molecule has 1 unspecified atom stereocenters. The molecular weight excluding hydrogens is 605 g/mol. The number of fused-ring (bicyclic) bond motifs is 1. The molecule has 0 radical (unpaired) electrons. The van der Waals surface area contributed by atoms with Crippen LogP contribution in [0.2, 0.25) is 0 Å². The molecule has 1 fully saturated rings. The monoisotopic (exact) mass is 626 g/mol. The predicted octanol–water partition coefficient (Wildman–Crippen LogP) is 3.57. The van der Waals surface area contributed by atoms with Gasteiger partial charge in [-0.05, 0) is 12.1 Å². The second-order valence-corrected chi connectivity index (χ2v) is 10.1. The zero-order valence-electron chi connectivity index (χ0n) is 20.5. The average Bonchev–Trinajstić information content (AvgIpc) is 3.26. The van der Waals surface area contributed by atoms with Gasteiger partial charge in [0.1, 0.15) is 0 Å². The molecule has 1 aliphatic heterocycles. The molecule has 15 heteroatoms. The molecule has 210 valence electrons. The van der Waals surface area contributed by atoms with Gasteiger partial charge in [-0.25, -0.2) is 4.39 Å². The van der Waals surface area contributed by atoms with Gasteiger partial charge >= 0.3 is 197 Å². The van der Waals surface area contributed by atoms with Crippen LogP contribution in [0.25, 0.3) is 16.6 Å². The molecule has 0 saturated carbocycles. The Morgan fingerprint density at radius 2 is 1.65 bits per heavy atom. The molecule has 0 aliphatic carbocycles. The van der Waals surface area contributed by atoms with Gasteiger partial charge in [-0.3, -0.25) is 0 Å². The second-order valence-electron chi connectivity index (χ2n) is 8.93. The summed E-state index contributed by atoms with van der Waals surface area (Å²) in [5, 5.41) is 8.21. The first-order chi connectivity index (χ1) is 19.0. The van der Waals surface area contributed by atoms with Crippen LogP contribution in [-0.4, -0.2) is 68.7 Å². The van der Waals surface area contributed by atoms with Crippen LogP contribution >= 0.6 is 0 Å². The van der Waals surface area contributed by atoms with Gasteiger partial charge in [0, 0.05) is 0 Å². The van der Waals surface area contributed by atoms with Crippen LogP contribution in [0.3, 0.4) is 0 Å². The van der Waals surface area contributed by atoms with Crippen molar-refractivity contribution in [3.8, 4) is 11.1 Å². The van der Waals surface area contributed by atoms with Crippen LogP contribution < -0.4 is 15.1 Å². The molecule has 1 aliphatic rings. The Labute approximate surface area is 231 Å². The van der Waals surface area contributed by atoms with Crippen molar-refractivity contribution >= 4 is 44.3 Å². The SMILES string of the molecule is O=C(Nc1cc(C(F)(F)F)ccc1F)Nc1cc(F)c(-c2cc(CN3CCOCC3)n3ncnc([AsH2])c23)cc1F. The number of halogens is 6. The predicted molar refractivity (Wildman–Crippen MR) is 137 cm³/mol. The van der Waals surface area contributed by atoms with Gasteiger partial charge in [0.2, 0.25) is 0 Å². The van der Waals surface area contributed by atoms with Crippen molar-refractivity contribution < 1.29 is 35.9 Å². The van der Waals surface area contributed by atoms with Crippen molar-refractivity contribution in [1.82, 2.24) is 19.5 Å². The van der Waals surface area contributed by atoms with Crippen molar-refractivity contribution in [1.29, 1.82) is 0 Å². The van der Waals surface area contributed by atoms with Gasteiger partial charge < -0.3 is 0 Å². The fourth-order valence-corrected chi connectivity index (χ4v) is 5.08. The van der Waals surface area contributed by atoms with Crippen molar-refractivity contribution in [2.45, 2.75) is 12.7 Å². The standard InChI is InChI=1S/C25H21AsF6N6O2/c26-23-22-16(8-14(38(22)34-12-33-23)11-37-3-5-40-6-4-37)15-9-19(29)21(10-18(15)28)36-24(39)35-20-7-13(25(30,31)32)1-2-17(20)27/h1-2,7-10,12H,3-6,11,26H2,(H2,35,36,39). The van der Waals surface area contributed by atoms with Crippen molar-refractivity contribution in [2.75, 3.05) is 36.9 Å². The number of nitrogens with zero attached hydrogens (tertiary/aromatic N) is 4. The normalized spacial score (nSPS) is 14.5. The molecular formula is C25H21AsF6N6O2. The van der Waals surface area contributed by atoms with Crippen LogP contribution in [0.1, 0.15) is 11.3 Å².